The van der Waals surface area contributed by atoms with Gasteiger partial charge < -0.3 is 15.5 Å². The second-order valence-electron chi connectivity index (χ2n) is 8.25. The molecule has 1 aromatic carbocycles. The lowest BCUT2D eigenvalue weighted by molar-refractivity contribution is 0.496. The fourth-order valence-corrected chi connectivity index (χ4v) is 5.80. The second-order valence-corrected chi connectivity index (χ2v) is 10.5. The van der Waals surface area contributed by atoms with Crippen LogP contribution in [0.3, 0.4) is 0 Å². The van der Waals surface area contributed by atoms with Gasteiger partial charge in [0.05, 0.1) is 10.1 Å². The van der Waals surface area contributed by atoms with E-state index < -0.39 is 9.84 Å². The largest absolute Gasteiger partial charge is 0.324 e. The van der Waals surface area contributed by atoms with Crippen molar-refractivity contribution in [2.45, 2.75) is 43.8 Å². The number of hydrogen-bond acceptors (Lipinski definition) is 8. The van der Waals surface area contributed by atoms with Gasteiger partial charge in [0, 0.05) is 30.2 Å². The summed E-state index contributed by atoms with van der Waals surface area (Å²) in [6.45, 7) is 7.32. The first kappa shape index (κ1) is 22.2. The monoisotopic (exact) mass is 455 g/mol. The van der Waals surface area contributed by atoms with E-state index in [1.165, 1.54) is 0 Å². The highest BCUT2D eigenvalue weighted by atomic mass is 32.2. The van der Waals surface area contributed by atoms with Crippen molar-refractivity contribution in [3.63, 3.8) is 0 Å². The Hall–Kier alpha value is -2.98. The Bertz CT molecular complexity index is 1220. The van der Waals surface area contributed by atoms with E-state index in [-0.39, 0.29) is 5.25 Å². The first-order valence-corrected chi connectivity index (χ1v) is 12.2. The molecule has 1 aliphatic heterocycles. The topological polar surface area (TPSA) is 116 Å². The predicted molar refractivity (Wildman–Crippen MR) is 126 cm³/mol. The van der Waals surface area contributed by atoms with Crippen LogP contribution >= 0.6 is 0 Å². The second kappa shape index (κ2) is 8.87. The molecular formula is C22H29N7O2S. The summed E-state index contributed by atoms with van der Waals surface area (Å²) in [6, 6.07) is 7.10. The van der Waals surface area contributed by atoms with Crippen LogP contribution in [-0.4, -0.2) is 54.0 Å². The maximum absolute atomic E-state index is 13.2. The van der Waals surface area contributed by atoms with Gasteiger partial charge in [0.25, 0.3) is 0 Å². The van der Waals surface area contributed by atoms with E-state index in [2.05, 4.69) is 30.8 Å². The fourth-order valence-electron chi connectivity index (χ4n) is 3.92. The van der Waals surface area contributed by atoms with E-state index in [4.69, 9.17) is 0 Å². The van der Waals surface area contributed by atoms with Gasteiger partial charge in [0.2, 0.25) is 5.95 Å². The third kappa shape index (κ3) is 4.46. The molecule has 3 N–H and O–H groups in total. The van der Waals surface area contributed by atoms with E-state index in [1.54, 1.807) is 24.4 Å². The number of benzene rings is 1. The molecule has 0 atom stereocenters. The van der Waals surface area contributed by atoms with Crippen molar-refractivity contribution in [1.29, 1.82) is 0 Å². The number of rotatable bonds is 6. The summed E-state index contributed by atoms with van der Waals surface area (Å²) in [7, 11) is -1.51. The van der Waals surface area contributed by atoms with Crippen LogP contribution in [0.15, 0.2) is 35.4 Å². The Labute approximate surface area is 188 Å². The first-order valence-electron chi connectivity index (χ1n) is 10.7. The number of anilines is 4. The SMILES string of the molecule is Cc1cc(Nc2nccc(N(C)c3n[nH]c(C)c3C)n2)cc(S(=O)(=O)C2CCNCC2)c1. The number of nitrogens with zero attached hydrogens (tertiary/aromatic N) is 4. The maximum Gasteiger partial charge on any atom is 0.229 e. The highest BCUT2D eigenvalue weighted by molar-refractivity contribution is 7.92. The van der Waals surface area contributed by atoms with E-state index >= 15 is 0 Å². The zero-order valence-electron chi connectivity index (χ0n) is 18.8. The molecule has 0 spiro atoms. The highest BCUT2D eigenvalue weighted by Gasteiger charge is 2.29. The molecule has 10 heteroatoms. The molecular weight excluding hydrogens is 426 g/mol. The molecule has 3 heterocycles. The zero-order chi connectivity index (χ0) is 22.9. The molecule has 1 fully saturated rings. The molecule has 1 aliphatic rings. The lowest BCUT2D eigenvalue weighted by Gasteiger charge is -2.23. The zero-order valence-corrected chi connectivity index (χ0v) is 19.6. The summed E-state index contributed by atoms with van der Waals surface area (Å²) in [5.74, 6) is 1.85. The maximum atomic E-state index is 13.2. The van der Waals surface area contributed by atoms with Gasteiger partial charge in [-0.05, 0) is 76.5 Å². The van der Waals surface area contributed by atoms with E-state index in [1.807, 2.05) is 38.8 Å². The Morgan fingerprint density at radius 2 is 1.88 bits per heavy atom. The number of aromatic nitrogens is 4. The van der Waals surface area contributed by atoms with Crippen LogP contribution in [0.25, 0.3) is 0 Å². The summed E-state index contributed by atoms with van der Waals surface area (Å²) < 4.78 is 26.3. The number of aromatic amines is 1. The number of H-pyrrole nitrogens is 1. The quantitative estimate of drug-likeness (QED) is 0.519. The molecule has 0 unspecified atom stereocenters. The van der Waals surface area contributed by atoms with Crippen LogP contribution in [0.5, 0.6) is 0 Å². The standard InChI is InChI=1S/C22H29N7O2S/c1-14-11-17(13-19(12-14)32(30,31)18-5-8-23-9-6-18)25-22-24-10-7-20(26-22)29(4)21-15(2)16(3)27-28-21/h7,10-13,18,23H,5-6,8-9H2,1-4H3,(H,27,28)(H,24,25,26). The highest BCUT2D eigenvalue weighted by Crippen LogP contribution is 2.28. The molecule has 32 heavy (non-hydrogen) atoms. The Morgan fingerprint density at radius 1 is 1.12 bits per heavy atom. The Kier molecular flexibility index (Phi) is 6.16. The van der Waals surface area contributed by atoms with Gasteiger partial charge in [-0.3, -0.25) is 5.10 Å². The van der Waals surface area contributed by atoms with Gasteiger partial charge in [-0.15, -0.1) is 0 Å². The lowest BCUT2D eigenvalue weighted by atomic mass is 10.2. The van der Waals surface area contributed by atoms with Crippen LogP contribution in [0.1, 0.15) is 29.7 Å². The number of aryl methyl sites for hydroxylation is 2. The third-order valence-corrected chi connectivity index (χ3v) is 8.13. The summed E-state index contributed by atoms with van der Waals surface area (Å²) >= 11 is 0. The van der Waals surface area contributed by atoms with E-state index in [0.29, 0.717) is 35.2 Å². The first-order chi connectivity index (χ1) is 15.3. The van der Waals surface area contributed by atoms with Crippen LogP contribution in [0.2, 0.25) is 0 Å². The Morgan fingerprint density at radius 3 is 2.56 bits per heavy atom. The number of sulfone groups is 1. The molecule has 1 saturated heterocycles. The average molecular weight is 456 g/mol. The smallest absolute Gasteiger partial charge is 0.229 e. The molecule has 0 bridgehead atoms. The van der Waals surface area contributed by atoms with Crippen molar-refractivity contribution in [1.82, 2.24) is 25.5 Å². The lowest BCUT2D eigenvalue weighted by Crippen LogP contribution is -2.35. The third-order valence-electron chi connectivity index (χ3n) is 5.89. The van der Waals surface area contributed by atoms with Crippen LogP contribution in [0.4, 0.5) is 23.3 Å². The molecule has 2 aromatic heterocycles. The molecule has 0 saturated carbocycles. The van der Waals surface area contributed by atoms with Crippen LogP contribution in [0, 0.1) is 20.8 Å². The minimum Gasteiger partial charge on any atom is -0.324 e. The van der Waals surface area contributed by atoms with E-state index in [0.717, 1.165) is 35.7 Å². The molecule has 3 aromatic rings. The normalized spacial score (nSPS) is 15.0. The van der Waals surface area contributed by atoms with Gasteiger partial charge in [-0.2, -0.15) is 10.1 Å². The molecule has 0 aliphatic carbocycles. The van der Waals surface area contributed by atoms with Gasteiger partial charge in [-0.25, -0.2) is 13.4 Å². The van der Waals surface area contributed by atoms with Crippen molar-refractivity contribution >= 4 is 33.1 Å². The molecule has 0 amide bonds. The van der Waals surface area contributed by atoms with Crippen molar-refractivity contribution in [2.75, 3.05) is 30.4 Å². The van der Waals surface area contributed by atoms with Crippen molar-refractivity contribution in [3.8, 4) is 0 Å². The van der Waals surface area contributed by atoms with Crippen LogP contribution in [-0.2, 0) is 9.84 Å². The van der Waals surface area contributed by atoms with Crippen molar-refractivity contribution < 1.29 is 8.42 Å². The summed E-state index contributed by atoms with van der Waals surface area (Å²) in [6.07, 6.45) is 2.92. The Balaban J connectivity index is 1.60. The van der Waals surface area contributed by atoms with Crippen molar-refractivity contribution in [2.24, 2.45) is 0 Å². The summed E-state index contributed by atoms with van der Waals surface area (Å²) in [5, 5.41) is 13.4. The molecule has 4 rings (SSSR count). The van der Waals surface area contributed by atoms with Gasteiger partial charge in [0.1, 0.15) is 5.82 Å². The summed E-state index contributed by atoms with van der Waals surface area (Å²) in [5.41, 5.74) is 3.55. The van der Waals surface area contributed by atoms with Crippen LogP contribution < -0.4 is 15.5 Å². The minimum absolute atomic E-state index is 0.336. The molecule has 0 radical (unpaired) electrons. The average Bonchev–Trinajstić information content (AvgIpc) is 3.12. The summed E-state index contributed by atoms with van der Waals surface area (Å²) in [4.78, 5) is 11.1. The van der Waals surface area contributed by atoms with E-state index in [9.17, 15) is 8.42 Å². The minimum atomic E-state index is -3.40. The van der Waals surface area contributed by atoms with Crippen molar-refractivity contribution in [3.05, 3.63) is 47.3 Å². The predicted octanol–water partition coefficient (Wildman–Crippen LogP) is 3.16. The molecule has 9 nitrogen and oxygen atoms in total. The molecule has 170 valence electrons. The van der Waals surface area contributed by atoms with Gasteiger partial charge in [-0.1, -0.05) is 0 Å². The number of nitrogens with one attached hydrogen (secondary N) is 3. The number of hydrogen-bond donors (Lipinski definition) is 3. The van der Waals surface area contributed by atoms with Gasteiger partial charge >= 0.3 is 0 Å². The fraction of sp³-hybridized carbons (Fsp3) is 0.409. The number of piperidine rings is 1. The van der Waals surface area contributed by atoms with Gasteiger partial charge in [0.15, 0.2) is 15.7 Å².